The fraction of sp³-hybridized carbons (Fsp3) is 0.571. The summed E-state index contributed by atoms with van der Waals surface area (Å²) in [5.74, 6) is 0.985. The summed E-state index contributed by atoms with van der Waals surface area (Å²) in [5.41, 5.74) is 1.20. The Morgan fingerprint density at radius 2 is 2.16 bits per heavy atom. The summed E-state index contributed by atoms with van der Waals surface area (Å²) in [4.78, 5) is 0. The van der Waals surface area contributed by atoms with E-state index < -0.39 is 9.84 Å². The zero-order valence-electron chi connectivity index (χ0n) is 11.3. The molecule has 1 fully saturated rings. The molecule has 1 aromatic carbocycles. The lowest BCUT2D eigenvalue weighted by Crippen LogP contribution is -2.15. The maximum absolute atomic E-state index is 11.0. The summed E-state index contributed by atoms with van der Waals surface area (Å²) in [6.07, 6.45) is 4.34. The summed E-state index contributed by atoms with van der Waals surface area (Å²) >= 11 is 0. The lowest BCUT2D eigenvalue weighted by molar-refractivity contribution is 0.317. The van der Waals surface area contributed by atoms with Crippen molar-refractivity contribution in [2.75, 3.05) is 18.6 Å². The van der Waals surface area contributed by atoms with Crippen molar-refractivity contribution in [1.82, 2.24) is 5.32 Å². The molecular weight excluding hydrogens is 262 g/mol. The minimum absolute atomic E-state index is 0.177. The average molecular weight is 283 g/mol. The van der Waals surface area contributed by atoms with Gasteiger partial charge in [0.1, 0.15) is 15.6 Å². The maximum atomic E-state index is 11.0. The van der Waals surface area contributed by atoms with E-state index in [1.165, 1.54) is 24.7 Å². The van der Waals surface area contributed by atoms with Crippen molar-refractivity contribution in [2.24, 2.45) is 0 Å². The van der Waals surface area contributed by atoms with E-state index in [1.807, 2.05) is 18.2 Å². The van der Waals surface area contributed by atoms with Crippen molar-refractivity contribution in [3.05, 3.63) is 29.8 Å². The molecule has 0 atom stereocenters. The zero-order chi connectivity index (χ0) is 13.7. The van der Waals surface area contributed by atoms with Gasteiger partial charge < -0.3 is 10.1 Å². The van der Waals surface area contributed by atoms with Crippen LogP contribution in [0, 0.1) is 0 Å². The van der Waals surface area contributed by atoms with E-state index in [4.69, 9.17) is 4.74 Å². The second-order valence-electron chi connectivity index (χ2n) is 5.13. The van der Waals surface area contributed by atoms with Gasteiger partial charge in [0.15, 0.2) is 0 Å². The molecule has 0 radical (unpaired) electrons. The molecule has 1 N–H and O–H groups in total. The Morgan fingerprint density at radius 3 is 2.84 bits per heavy atom. The third-order valence-corrected chi connectivity index (χ3v) is 4.03. The van der Waals surface area contributed by atoms with Crippen LogP contribution in [0.3, 0.4) is 0 Å². The molecule has 0 amide bonds. The second kappa shape index (κ2) is 6.39. The zero-order valence-corrected chi connectivity index (χ0v) is 12.1. The highest BCUT2D eigenvalue weighted by atomic mass is 32.2. The van der Waals surface area contributed by atoms with E-state index in [-0.39, 0.29) is 5.75 Å². The molecular formula is C14H21NO3S. The van der Waals surface area contributed by atoms with Crippen LogP contribution in [-0.4, -0.2) is 33.1 Å². The number of ether oxygens (including phenoxy) is 1. The SMILES string of the molecule is CS(=O)(=O)CCCOc1cccc(CNC2CC2)c1. The van der Waals surface area contributed by atoms with E-state index in [1.54, 1.807) is 0 Å². The van der Waals surface area contributed by atoms with Crippen LogP contribution in [-0.2, 0) is 16.4 Å². The molecule has 5 heteroatoms. The first-order valence-corrected chi connectivity index (χ1v) is 8.72. The smallest absolute Gasteiger partial charge is 0.147 e. The van der Waals surface area contributed by atoms with Crippen LogP contribution in [0.4, 0.5) is 0 Å². The fourth-order valence-corrected chi connectivity index (χ4v) is 2.45. The van der Waals surface area contributed by atoms with Crippen molar-refractivity contribution in [3.63, 3.8) is 0 Å². The first kappa shape index (κ1) is 14.3. The number of hydrogen-bond donors (Lipinski definition) is 1. The first-order valence-electron chi connectivity index (χ1n) is 6.66. The van der Waals surface area contributed by atoms with Crippen LogP contribution < -0.4 is 10.1 Å². The van der Waals surface area contributed by atoms with Crippen molar-refractivity contribution in [3.8, 4) is 5.75 Å². The highest BCUT2D eigenvalue weighted by Gasteiger charge is 2.19. The topological polar surface area (TPSA) is 55.4 Å². The van der Waals surface area contributed by atoms with Gasteiger partial charge >= 0.3 is 0 Å². The van der Waals surface area contributed by atoms with Crippen LogP contribution in [0.5, 0.6) is 5.75 Å². The van der Waals surface area contributed by atoms with Gasteiger partial charge in [-0.25, -0.2) is 8.42 Å². The molecule has 0 heterocycles. The Hall–Kier alpha value is -1.07. The van der Waals surface area contributed by atoms with Crippen LogP contribution in [0.15, 0.2) is 24.3 Å². The molecule has 1 saturated carbocycles. The van der Waals surface area contributed by atoms with E-state index in [0.717, 1.165) is 12.3 Å². The molecule has 2 rings (SSSR count). The molecule has 0 unspecified atom stereocenters. The lowest BCUT2D eigenvalue weighted by Gasteiger charge is -2.08. The van der Waals surface area contributed by atoms with Gasteiger partial charge in [0.25, 0.3) is 0 Å². The first-order chi connectivity index (χ1) is 9.03. The van der Waals surface area contributed by atoms with Crippen molar-refractivity contribution in [2.45, 2.75) is 31.8 Å². The van der Waals surface area contributed by atoms with Gasteiger partial charge in [0.2, 0.25) is 0 Å². The van der Waals surface area contributed by atoms with Gasteiger partial charge in [-0.05, 0) is 37.0 Å². The minimum atomic E-state index is -2.89. The highest BCUT2D eigenvalue weighted by molar-refractivity contribution is 7.90. The number of hydrogen-bond acceptors (Lipinski definition) is 4. The van der Waals surface area contributed by atoms with Gasteiger partial charge in [0, 0.05) is 18.8 Å². The van der Waals surface area contributed by atoms with Crippen molar-refractivity contribution in [1.29, 1.82) is 0 Å². The Kier molecular flexibility index (Phi) is 4.82. The van der Waals surface area contributed by atoms with Gasteiger partial charge in [-0.1, -0.05) is 12.1 Å². The molecule has 106 valence electrons. The number of sulfone groups is 1. The Balaban J connectivity index is 1.74. The summed E-state index contributed by atoms with van der Waals surface area (Å²) < 4.78 is 27.5. The Morgan fingerprint density at radius 1 is 1.37 bits per heavy atom. The average Bonchev–Trinajstić information content (AvgIpc) is 3.16. The predicted octanol–water partition coefficient (Wildman–Crippen LogP) is 1.75. The van der Waals surface area contributed by atoms with E-state index in [9.17, 15) is 8.42 Å². The summed E-state index contributed by atoms with van der Waals surface area (Å²) in [5, 5.41) is 3.45. The Bertz CT molecular complexity index is 509. The second-order valence-corrected chi connectivity index (χ2v) is 7.39. The molecule has 0 saturated heterocycles. The molecule has 19 heavy (non-hydrogen) atoms. The third kappa shape index (κ3) is 6.07. The molecule has 0 bridgehead atoms. The monoisotopic (exact) mass is 283 g/mol. The molecule has 4 nitrogen and oxygen atoms in total. The van der Waals surface area contributed by atoms with Gasteiger partial charge in [-0.15, -0.1) is 0 Å². The van der Waals surface area contributed by atoms with Crippen LogP contribution in [0.2, 0.25) is 0 Å². The van der Waals surface area contributed by atoms with Gasteiger partial charge in [-0.2, -0.15) is 0 Å². The molecule has 1 aliphatic carbocycles. The van der Waals surface area contributed by atoms with E-state index >= 15 is 0 Å². The van der Waals surface area contributed by atoms with Gasteiger partial charge in [0.05, 0.1) is 12.4 Å². The quantitative estimate of drug-likeness (QED) is 0.739. The van der Waals surface area contributed by atoms with E-state index in [0.29, 0.717) is 19.1 Å². The number of benzene rings is 1. The number of rotatable bonds is 8. The normalized spacial score (nSPS) is 15.4. The molecule has 0 aliphatic heterocycles. The third-order valence-electron chi connectivity index (χ3n) is 3.00. The lowest BCUT2D eigenvalue weighted by atomic mass is 10.2. The fourth-order valence-electron chi connectivity index (χ4n) is 1.81. The molecule has 1 aromatic rings. The molecule has 0 aromatic heterocycles. The van der Waals surface area contributed by atoms with E-state index in [2.05, 4.69) is 11.4 Å². The van der Waals surface area contributed by atoms with Crippen molar-refractivity contribution >= 4 is 9.84 Å². The highest BCUT2D eigenvalue weighted by Crippen LogP contribution is 2.20. The summed E-state index contributed by atoms with van der Waals surface area (Å²) in [6.45, 7) is 1.30. The van der Waals surface area contributed by atoms with Crippen LogP contribution in [0.25, 0.3) is 0 Å². The maximum Gasteiger partial charge on any atom is 0.147 e. The van der Waals surface area contributed by atoms with Crippen LogP contribution in [0.1, 0.15) is 24.8 Å². The minimum Gasteiger partial charge on any atom is -0.494 e. The van der Waals surface area contributed by atoms with Crippen molar-refractivity contribution < 1.29 is 13.2 Å². The summed E-state index contributed by atoms with van der Waals surface area (Å²) in [6, 6.07) is 8.64. The molecule has 0 spiro atoms. The van der Waals surface area contributed by atoms with Gasteiger partial charge in [-0.3, -0.25) is 0 Å². The standard InChI is InChI=1S/C14H21NO3S/c1-19(16,17)9-3-8-18-14-5-2-4-12(10-14)11-15-13-6-7-13/h2,4-5,10,13,15H,3,6-9,11H2,1H3. The van der Waals surface area contributed by atoms with Crippen LogP contribution >= 0.6 is 0 Å². The largest absolute Gasteiger partial charge is 0.494 e. The number of nitrogens with one attached hydrogen (secondary N) is 1. The molecule has 1 aliphatic rings. The Labute approximate surface area is 115 Å². The summed E-state index contributed by atoms with van der Waals surface area (Å²) in [7, 11) is -2.89. The predicted molar refractivity (Wildman–Crippen MR) is 76.1 cm³/mol.